The molecule has 19 heavy (non-hydrogen) atoms. The van der Waals surface area contributed by atoms with E-state index < -0.39 is 6.10 Å². The Morgan fingerprint density at radius 1 is 1.26 bits per heavy atom. The summed E-state index contributed by atoms with van der Waals surface area (Å²) >= 11 is 0. The number of aliphatic hydroxyl groups is 1. The molecule has 2 aliphatic rings. The van der Waals surface area contributed by atoms with Crippen molar-refractivity contribution >= 4 is 5.69 Å². The molecule has 1 N–H and O–H groups in total. The zero-order valence-corrected chi connectivity index (χ0v) is 11.6. The zero-order valence-electron chi connectivity index (χ0n) is 11.6. The van der Waals surface area contributed by atoms with Gasteiger partial charge >= 0.3 is 0 Å². The third-order valence-corrected chi connectivity index (χ3v) is 4.15. The maximum Gasteiger partial charge on any atom is 0.0931 e. The number of hydrogen-bond donors (Lipinski definition) is 1. The van der Waals surface area contributed by atoms with Gasteiger partial charge in [-0.2, -0.15) is 0 Å². The van der Waals surface area contributed by atoms with Crippen molar-refractivity contribution < 1.29 is 5.11 Å². The fraction of sp³-hybridized carbons (Fsp3) is 0.667. The van der Waals surface area contributed by atoms with Crippen LogP contribution >= 0.6 is 0 Å². The minimum absolute atomic E-state index is 0.482. The van der Waals surface area contributed by atoms with E-state index in [1.54, 1.807) is 6.92 Å². The molecule has 0 radical (unpaired) electrons. The highest BCUT2D eigenvalue weighted by Gasteiger charge is 2.26. The maximum atomic E-state index is 9.47. The molecule has 1 atom stereocenters. The number of hydrogen-bond acceptors (Lipinski definition) is 4. The first-order valence-corrected chi connectivity index (χ1v) is 7.33. The number of anilines is 1. The lowest BCUT2D eigenvalue weighted by Crippen LogP contribution is -2.47. The van der Waals surface area contributed by atoms with Crippen molar-refractivity contribution in [1.29, 1.82) is 0 Å². The summed E-state index contributed by atoms with van der Waals surface area (Å²) in [4.78, 5) is 9.31. The highest BCUT2D eigenvalue weighted by Crippen LogP contribution is 2.30. The van der Waals surface area contributed by atoms with Gasteiger partial charge in [0, 0.05) is 32.7 Å². The summed E-state index contributed by atoms with van der Waals surface area (Å²) in [7, 11) is 0. The topological polar surface area (TPSA) is 39.6 Å². The Bertz CT molecular complexity index is 406. The average molecular weight is 261 g/mol. The van der Waals surface area contributed by atoms with E-state index in [-0.39, 0.29) is 0 Å². The lowest BCUT2D eigenvalue weighted by molar-refractivity contribution is 0.194. The van der Waals surface area contributed by atoms with Crippen LogP contribution < -0.4 is 4.90 Å². The van der Waals surface area contributed by atoms with Crippen LogP contribution in [0, 0.1) is 5.92 Å². The van der Waals surface area contributed by atoms with Crippen molar-refractivity contribution in [2.24, 2.45) is 5.92 Å². The van der Waals surface area contributed by atoms with Crippen LogP contribution in [0.3, 0.4) is 0 Å². The molecule has 104 valence electrons. The smallest absolute Gasteiger partial charge is 0.0931 e. The fourth-order valence-electron chi connectivity index (χ4n) is 2.69. The molecule has 2 heterocycles. The molecule has 1 aromatic rings. The molecule has 1 aromatic heterocycles. The van der Waals surface area contributed by atoms with E-state index in [4.69, 9.17) is 0 Å². The van der Waals surface area contributed by atoms with Crippen LogP contribution in [-0.2, 0) is 0 Å². The van der Waals surface area contributed by atoms with Gasteiger partial charge in [0.05, 0.1) is 23.7 Å². The van der Waals surface area contributed by atoms with Gasteiger partial charge < -0.3 is 10.0 Å². The Morgan fingerprint density at radius 3 is 2.53 bits per heavy atom. The number of nitrogens with zero attached hydrogens (tertiary/aromatic N) is 3. The lowest BCUT2D eigenvalue weighted by Gasteiger charge is -2.36. The van der Waals surface area contributed by atoms with E-state index in [1.165, 1.54) is 25.1 Å². The molecule has 4 heteroatoms. The molecular weight excluding hydrogens is 238 g/mol. The summed E-state index contributed by atoms with van der Waals surface area (Å²) in [5.41, 5.74) is 1.92. The quantitative estimate of drug-likeness (QED) is 0.895. The molecule has 0 spiro atoms. The standard InChI is InChI=1S/C15H23N3O/c1-12(19)15-5-4-14(10-16-15)18-8-6-17(7-9-18)11-13-2-3-13/h4-5,10,12-13,19H,2-3,6-9,11H2,1H3/t12-/m1/s1. The molecule has 1 aliphatic heterocycles. The van der Waals surface area contributed by atoms with Gasteiger partial charge in [-0.25, -0.2) is 0 Å². The Morgan fingerprint density at radius 2 is 2.00 bits per heavy atom. The van der Waals surface area contributed by atoms with E-state index in [0.717, 1.165) is 37.8 Å². The first-order valence-electron chi connectivity index (χ1n) is 7.33. The molecule has 0 amide bonds. The predicted octanol–water partition coefficient (Wildman–Crippen LogP) is 1.67. The second kappa shape index (κ2) is 5.47. The van der Waals surface area contributed by atoms with Gasteiger partial charge in [-0.15, -0.1) is 0 Å². The number of aliphatic hydroxyl groups excluding tert-OH is 1. The van der Waals surface area contributed by atoms with Crippen LogP contribution in [0.15, 0.2) is 18.3 Å². The maximum absolute atomic E-state index is 9.47. The minimum Gasteiger partial charge on any atom is -0.387 e. The summed E-state index contributed by atoms with van der Waals surface area (Å²) < 4.78 is 0. The zero-order chi connectivity index (χ0) is 13.2. The molecule has 1 aliphatic carbocycles. The summed E-state index contributed by atoms with van der Waals surface area (Å²) in [6.45, 7) is 7.54. The highest BCUT2D eigenvalue weighted by molar-refractivity contribution is 5.45. The van der Waals surface area contributed by atoms with E-state index in [0.29, 0.717) is 0 Å². The number of piperazine rings is 1. The number of aromatic nitrogens is 1. The van der Waals surface area contributed by atoms with Crippen LogP contribution in [0.5, 0.6) is 0 Å². The largest absolute Gasteiger partial charge is 0.387 e. The summed E-state index contributed by atoms with van der Waals surface area (Å²) in [6, 6.07) is 4.00. The Kier molecular flexibility index (Phi) is 3.71. The van der Waals surface area contributed by atoms with E-state index >= 15 is 0 Å². The van der Waals surface area contributed by atoms with Gasteiger partial charge in [-0.1, -0.05) is 0 Å². The van der Waals surface area contributed by atoms with Gasteiger partial charge in [0.15, 0.2) is 0 Å². The van der Waals surface area contributed by atoms with Gasteiger partial charge in [-0.3, -0.25) is 9.88 Å². The Balaban J connectivity index is 1.55. The minimum atomic E-state index is -0.482. The molecule has 1 saturated heterocycles. The summed E-state index contributed by atoms with van der Waals surface area (Å²) in [5.74, 6) is 0.985. The van der Waals surface area contributed by atoms with Crippen LogP contribution in [0.25, 0.3) is 0 Å². The first-order chi connectivity index (χ1) is 9.22. The summed E-state index contributed by atoms with van der Waals surface area (Å²) in [6.07, 6.45) is 4.28. The van der Waals surface area contributed by atoms with Crippen LogP contribution in [-0.4, -0.2) is 47.7 Å². The monoisotopic (exact) mass is 261 g/mol. The SMILES string of the molecule is C[C@@H](O)c1ccc(N2CCN(CC3CC3)CC2)cn1. The second-order valence-electron chi connectivity index (χ2n) is 5.85. The lowest BCUT2D eigenvalue weighted by atomic mass is 10.2. The Hall–Kier alpha value is -1.13. The van der Waals surface area contributed by atoms with Crippen molar-refractivity contribution in [1.82, 2.24) is 9.88 Å². The third-order valence-electron chi connectivity index (χ3n) is 4.15. The van der Waals surface area contributed by atoms with Crippen LogP contribution in [0.1, 0.15) is 31.6 Å². The molecule has 3 rings (SSSR count). The molecule has 2 fully saturated rings. The van der Waals surface area contributed by atoms with E-state index in [1.807, 2.05) is 12.3 Å². The van der Waals surface area contributed by atoms with Gasteiger partial charge in [0.25, 0.3) is 0 Å². The van der Waals surface area contributed by atoms with Crippen molar-refractivity contribution in [2.75, 3.05) is 37.6 Å². The number of pyridine rings is 1. The van der Waals surface area contributed by atoms with Crippen LogP contribution in [0.4, 0.5) is 5.69 Å². The normalized spacial score (nSPS) is 22.5. The average Bonchev–Trinajstić information content (AvgIpc) is 3.24. The Labute approximate surface area is 115 Å². The van der Waals surface area contributed by atoms with Crippen molar-refractivity contribution in [2.45, 2.75) is 25.9 Å². The van der Waals surface area contributed by atoms with Gasteiger partial charge in [0.2, 0.25) is 0 Å². The molecule has 0 bridgehead atoms. The predicted molar refractivity (Wildman–Crippen MR) is 76.2 cm³/mol. The third kappa shape index (κ3) is 3.25. The van der Waals surface area contributed by atoms with Crippen molar-refractivity contribution in [3.05, 3.63) is 24.0 Å². The van der Waals surface area contributed by atoms with Gasteiger partial charge in [0.1, 0.15) is 0 Å². The molecule has 4 nitrogen and oxygen atoms in total. The first kappa shape index (κ1) is 12.9. The van der Waals surface area contributed by atoms with E-state index in [2.05, 4.69) is 20.9 Å². The molecule has 0 unspecified atom stereocenters. The van der Waals surface area contributed by atoms with Gasteiger partial charge in [-0.05, 0) is 37.8 Å². The van der Waals surface area contributed by atoms with Crippen molar-refractivity contribution in [3.63, 3.8) is 0 Å². The molecule has 1 saturated carbocycles. The number of rotatable bonds is 4. The van der Waals surface area contributed by atoms with E-state index in [9.17, 15) is 5.11 Å². The van der Waals surface area contributed by atoms with Crippen LogP contribution in [0.2, 0.25) is 0 Å². The molecular formula is C15H23N3O. The second-order valence-corrected chi connectivity index (χ2v) is 5.85. The highest BCUT2D eigenvalue weighted by atomic mass is 16.3. The fourth-order valence-corrected chi connectivity index (χ4v) is 2.69. The molecule has 0 aromatic carbocycles. The van der Waals surface area contributed by atoms with Crippen molar-refractivity contribution in [3.8, 4) is 0 Å². The summed E-state index contributed by atoms with van der Waals surface area (Å²) in [5, 5.41) is 9.47.